The molecule has 1 radical (unpaired) electrons. The van der Waals surface area contributed by atoms with Gasteiger partial charge in [-0.3, -0.25) is 0 Å². The monoisotopic (exact) mass is 200 g/mol. The van der Waals surface area contributed by atoms with Crippen molar-refractivity contribution in [1.29, 1.82) is 0 Å². The first-order valence-corrected chi connectivity index (χ1v) is 3.17. The summed E-state index contributed by atoms with van der Waals surface area (Å²) in [5.41, 5.74) is 0. The van der Waals surface area contributed by atoms with Crippen LogP contribution in [-0.2, 0) is 32.7 Å². The number of likely N-dealkylation sites (tertiary alicyclic amines) is 1. The van der Waals surface area contributed by atoms with Gasteiger partial charge < -0.3 is 18.2 Å². The SMILES string of the molecule is [CH2-]C1[CH-]CCCN1C.[Y]. The third kappa shape index (κ3) is 3.11. The van der Waals surface area contributed by atoms with Crippen molar-refractivity contribution in [2.75, 3.05) is 13.6 Å². The summed E-state index contributed by atoms with van der Waals surface area (Å²) in [4.78, 5) is 2.27. The second kappa shape index (κ2) is 4.81. The third-order valence-corrected chi connectivity index (χ3v) is 1.72. The molecule has 0 bridgehead atoms. The topological polar surface area (TPSA) is 3.24 Å². The molecule has 1 rings (SSSR count). The van der Waals surface area contributed by atoms with Gasteiger partial charge in [0.15, 0.2) is 0 Å². The first-order chi connectivity index (χ1) is 3.80. The summed E-state index contributed by atoms with van der Waals surface area (Å²) in [5, 5.41) is 0. The van der Waals surface area contributed by atoms with Gasteiger partial charge in [-0.1, -0.05) is 6.42 Å². The molecule has 2 heteroatoms. The minimum absolute atomic E-state index is 0. The van der Waals surface area contributed by atoms with Gasteiger partial charge in [0.25, 0.3) is 0 Å². The summed E-state index contributed by atoms with van der Waals surface area (Å²) in [6.07, 6.45) is 4.82. The van der Waals surface area contributed by atoms with Crippen molar-refractivity contribution in [3.63, 3.8) is 0 Å². The molecule has 0 aromatic rings. The molecule has 0 aliphatic carbocycles. The number of hydrogen-bond donors (Lipinski definition) is 0. The van der Waals surface area contributed by atoms with E-state index in [0.29, 0.717) is 6.04 Å². The van der Waals surface area contributed by atoms with E-state index in [1.165, 1.54) is 19.4 Å². The van der Waals surface area contributed by atoms with E-state index in [9.17, 15) is 0 Å². The summed E-state index contributed by atoms with van der Waals surface area (Å²) in [5.74, 6) is 0. The van der Waals surface area contributed by atoms with Crippen LogP contribution in [0.15, 0.2) is 0 Å². The van der Waals surface area contributed by atoms with Crippen molar-refractivity contribution >= 4 is 0 Å². The Bertz CT molecular complexity index is 65.3. The normalized spacial score (nSPS) is 29.3. The predicted molar refractivity (Wildman–Crippen MR) is 35.3 cm³/mol. The largest absolute Gasteiger partial charge is 0.361 e. The Morgan fingerprint density at radius 1 is 1.67 bits per heavy atom. The second-order valence-corrected chi connectivity index (χ2v) is 2.43. The Kier molecular flexibility index (Phi) is 5.38. The molecule has 51 valence electrons. The Hall–Kier alpha value is 1.06. The van der Waals surface area contributed by atoms with Crippen LogP contribution in [0.25, 0.3) is 0 Å². The van der Waals surface area contributed by atoms with Crippen molar-refractivity contribution in [3.8, 4) is 0 Å². The van der Waals surface area contributed by atoms with Gasteiger partial charge in [-0.15, -0.1) is 0 Å². The quantitative estimate of drug-likeness (QED) is 0.529. The smallest absolute Gasteiger partial charge is 0 e. The van der Waals surface area contributed by atoms with Gasteiger partial charge in [0.2, 0.25) is 0 Å². The zero-order valence-corrected chi connectivity index (χ0v) is 8.85. The predicted octanol–water partition coefficient (Wildman–Crippen LogP) is 1.12. The van der Waals surface area contributed by atoms with Crippen LogP contribution in [0.2, 0.25) is 0 Å². The van der Waals surface area contributed by atoms with E-state index >= 15 is 0 Å². The molecule has 0 saturated carbocycles. The van der Waals surface area contributed by atoms with Crippen LogP contribution >= 0.6 is 0 Å². The maximum atomic E-state index is 3.95. The molecule has 0 aromatic carbocycles. The van der Waals surface area contributed by atoms with Crippen molar-refractivity contribution in [1.82, 2.24) is 4.90 Å². The van der Waals surface area contributed by atoms with Gasteiger partial charge in [-0.2, -0.15) is 6.42 Å². The van der Waals surface area contributed by atoms with Gasteiger partial charge in [-0.25, -0.2) is 6.04 Å². The molecular weight excluding hydrogens is 187 g/mol. The first kappa shape index (κ1) is 10.1. The van der Waals surface area contributed by atoms with E-state index in [-0.39, 0.29) is 32.7 Å². The van der Waals surface area contributed by atoms with Crippen LogP contribution in [-0.4, -0.2) is 24.5 Å². The fourth-order valence-electron chi connectivity index (χ4n) is 0.997. The minimum Gasteiger partial charge on any atom is -0.361 e. The van der Waals surface area contributed by atoms with E-state index in [1.807, 2.05) is 0 Å². The van der Waals surface area contributed by atoms with Crippen LogP contribution < -0.4 is 0 Å². The van der Waals surface area contributed by atoms with Crippen LogP contribution in [0.3, 0.4) is 0 Å². The Labute approximate surface area is 83.1 Å². The van der Waals surface area contributed by atoms with Gasteiger partial charge in [0.05, 0.1) is 0 Å². The second-order valence-electron chi connectivity index (χ2n) is 2.43. The standard InChI is InChI=1S/C7H13N.Y/c1-7-5-3-4-6-8(7)2;/h5,7H,1,3-4,6H2,2H3;/q-2;. The molecule has 1 fully saturated rings. The Morgan fingerprint density at radius 2 is 2.33 bits per heavy atom. The fraction of sp³-hybridized carbons (Fsp3) is 0.714. The number of hydrogen-bond acceptors (Lipinski definition) is 1. The summed E-state index contributed by atoms with van der Waals surface area (Å²) in [6.45, 7) is 5.16. The van der Waals surface area contributed by atoms with Gasteiger partial charge in [0, 0.05) is 32.7 Å². The van der Waals surface area contributed by atoms with Crippen LogP contribution in [0.1, 0.15) is 12.8 Å². The van der Waals surface area contributed by atoms with Crippen LogP contribution in [0.5, 0.6) is 0 Å². The summed E-state index contributed by atoms with van der Waals surface area (Å²) >= 11 is 0. The molecule has 0 aromatic heterocycles. The molecule has 1 unspecified atom stereocenters. The van der Waals surface area contributed by atoms with E-state index in [1.54, 1.807) is 0 Å². The molecule has 0 amide bonds. The first-order valence-electron chi connectivity index (χ1n) is 3.17. The number of piperidine rings is 1. The minimum atomic E-state index is 0. The molecule has 9 heavy (non-hydrogen) atoms. The van der Waals surface area contributed by atoms with Crippen molar-refractivity contribution < 1.29 is 32.7 Å². The van der Waals surface area contributed by atoms with Crippen LogP contribution in [0, 0.1) is 13.3 Å². The maximum absolute atomic E-state index is 3.95. The van der Waals surface area contributed by atoms with Crippen molar-refractivity contribution in [3.05, 3.63) is 13.3 Å². The van der Waals surface area contributed by atoms with Gasteiger partial charge >= 0.3 is 0 Å². The maximum Gasteiger partial charge on any atom is 0 e. The zero-order chi connectivity index (χ0) is 5.98. The molecule has 0 N–H and O–H groups in total. The molecule has 1 atom stereocenters. The van der Waals surface area contributed by atoms with E-state index in [0.717, 1.165) is 0 Å². The zero-order valence-electron chi connectivity index (χ0n) is 6.01. The van der Waals surface area contributed by atoms with Gasteiger partial charge in [0.1, 0.15) is 0 Å². The van der Waals surface area contributed by atoms with Crippen molar-refractivity contribution in [2.24, 2.45) is 0 Å². The van der Waals surface area contributed by atoms with Gasteiger partial charge in [-0.05, 0) is 13.6 Å². The molecule has 1 heterocycles. The molecule has 1 aliphatic heterocycles. The van der Waals surface area contributed by atoms with E-state index in [2.05, 4.69) is 25.3 Å². The summed E-state index contributed by atoms with van der Waals surface area (Å²) < 4.78 is 0. The average molecular weight is 200 g/mol. The van der Waals surface area contributed by atoms with E-state index < -0.39 is 0 Å². The molecule has 1 aliphatic rings. The molecule has 1 nitrogen and oxygen atoms in total. The molecular formula is C7H13NY-2. The Balaban J connectivity index is 0.000000640. The molecule has 0 spiro atoms. The average Bonchev–Trinajstić information content (AvgIpc) is 1.77. The molecule has 1 saturated heterocycles. The van der Waals surface area contributed by atoms with Crippen molar-refractivity contribution in [2.45, 2.75) is 18.9 Å². The fourth-order valence-corrected chi connectivity index (χ4v) is 0.997. The van der Waals surface area contributed by atoms with Crippen LogP contribution in [0.4, 0.5) is 0 Å². The Morgan fingerprint density at radius 3 is 2.67 bits per heavy atom. The summed E-state index contributed by atoms with van der Waals surface area (Å²) in [6, 6.07) is 0.462. The number of rotatable bonds is 0. The van der Waals surface area contributed by atoms with E-state index in [4.69, 9.17) is 0 Å². The summed E-state index contributed by atoms with van der Waals surface area (Å²) in [7, 11) is 2.12. The number of nitrogens with zero attached hydrogens (tertiary/aromatic N) is 1. The third-order valence-electron chi connectivity index (χ3n) is 1.72.